The number of oxazole rings is 1. The van der Waals surface area contributed by atoms with Crippen molar-refractivity contribution in [3.05, 3.63) is 42.4 Å². The number of amides is 2. The summed E-state index contributed by atoms with van der Waals surface area (Å²) in [4.78, 5) is 18.5. The Bertz CT molecular complexity index is 668. The molecule has 7 nitrogen and oxygen atoms in total. The Morgan fingerprint density at radius 1 is 1.28 bits per heavy atom. The van der Waals surface area contributed by atoms with Gasteiger partial charge in [0.05, 0.1) is 26.0 Å². The fraction of sp³-hybridized carbons (Fsp3) is 0.444. The number of carbonyl (C=O) groups excluding carboxylic acids is 1. The van der Waals surface area contributed by atoms with Crippen LogP contribution in [0.25, 0.3) is 11.3 Å². The molecular weight excluding hydrogens is 320 g/mol. The van der Waals surface area contributed by atoms with Crippen LogP contribution < -0.4 is 10.6 Å². The molecular formula is C18H24N4O3. The van der Waals surface area contributed by atoms with Crippen molar-refractivity contribution in [2.45, 2.75) is 19.5 Å². The second-order valence-corrected chi connectivity index (χ2v) is 6.13. The van der Waals surface area contributed by atoms with E-state index in [0.717, 1.165) is 38.4 Å². The Hall–Kier alpha value is -2.38. The number of hydrogen-bond donors (Lipinski definition) is 2. The lowest BCUT2D eigenvalue weighted by Crippen LogP contribution is -2.48. The third-order valence-electron chi connectivity index (χ3n) is 4.03. The molecule has 0 unspecified atom stereocenters. The summed E-state index contributed by atoms with van der Waals surface area (Å²) in [6.45, 7) is 6.39. The highest BCUT2D eigenvalue weighted by molar-refractivity contribution is 5.74. The van der Waals surface area contributed by atoms with Crippen molar-refractivity contribution in [2.24, 2.45) is 0 Å². The van der Waals surface area contributed by atoms with Gasteiger partial charge < -0.3 is 19.8 Å². The molecule has 1 aliphatic rings. The van der Waals surface area contributed by atoms with Gasteiger partial charge in [0.25, 0.3) is 0 Å². The fourth-order valence-corrected chi connectivity index (χ4v) is 2.78. The Balaban J connectivity index is 1.42. The molecule has 0 bridgehead atoms. The van der Waals surface area contributed by atoms with Crippen LogP contribution in [-0.4, -0.2) is 54.8 Å². The van der Waals surface area contributed by atoms with Crippen LogP contribution in [0.15, 0.2) is 40.9 Å². The first-order valence-corrected chi connectivity index (χ1v) is 8.55. The molecule has 134 valence electrons. The van der Waals surface area contributed by atoms with Crippen LogP contribution in [-0.2, 0) is 11.3 Å². The van der Waals surface area contributed by atoms with Gasteiger partial charge in [0.2, 0.25) is 5.89 Å². The molecule has 0 spiro atoms. The lowest BCUT2D eigenvalue weighted by Gasteiger charge is -2.29. The summed E-state index contributed by atoms with van der Waals surface area (Å²) in [7, 11) is 0. The van der Waals surface area contributed by atoms with Gasteiger partial charge in [-0.1, -0.05) is 30.3 Å². The molecule has 0 aliphatic carbocycles. The van der Waals surface area contributed by atoms with Gasteiger partial charge >= 0.3 is 6.03 Å². The molecule has 7 heteroatoms. The van der Waals surface area contributed by atoms with Crippen LogP contribution in [0.3, 0.4) is 0 Å². The van der Waals surface area contributed by atoms with E-state index in [2.05, 4.69) is 20.5 Å². The van der Waals surface area contributed by atoms with E-state index in [9.17, 15) is 4.79 Å². The number of aromatic nitrogens is 1. The normalized spacial score (nSPS) is 16.4. The zero-order chi connectivity index (χ0) is 17.5. The zero-order valence-electron chi connectivity index (χ0n) is 14.4. The molecule has 1 aromatic carbocycles. The number of nitrogens with one attached hydrogen (secondary N) is 2. The van der Waals surface area contributed by atoms with Crippen molar-refractivity contribution >= 4 is 6.03 Å². The first-order chi connectivity index (χ1) is 12.2. The van der Waals surface area contributed by atoms with Gasteiger partial charge in [-0.05, 0) is 6.92 Å². The first kappa shape index (κ1) is 17.4. The summed E-state index contributed by atoms with van der Waals surface area (Å²) in [5.74, 6) is 1.17. The van der Waals surface area contributed by atoms with Gasteiger partial charge in [-0.3, -0.25) is 4.90 Å². The molecule has 0 radical (unpaired) electrons. The molecule has 1 atom stereocenters. The highest BCUT2D eigenvalue weighted by Gasteiger charge is 2.15. The molecule has 1 fully saturated rings. The van der Waals surface area contributed by atoms with E-state index in [1.807, 2.05) is 37.3 Å². The zero-order valence-corrected chi connectivity index (χ0v) is 14.4. The van der Waals surface area contributed by atoms with Crippen LogP contribution in [0.1, 0.15) is 12.8 Å². The second kappa shape index (κ2) is 8.64. The van der Waals surface area contributed by atoms with Gasteiger partial charge in [0, 0.05) is 31.2 Å². The predicted octanol–water partition coefficient (Wildman–Crippen LogP) is 1.86. The highest BCUT2D eigenvalue weighted by atomic mass is 16.5. The van der Waals surface area contributed by atoms with E-state index in [1.54, 1.807) is 6.20 Å². The van der Waals surface area contributed by atoms with Gasteiger partial charge in [0.1, 0.15) is 0 Å². The summed E-state index contributed by atoms with van der Waals surface area (Å²) in [5, 5.41) is 5.72. The number of benzene rings is 1. The molecule has 2 N–H and O–H groups in total. The molecule has 1 saturated heterocycles. The summed E-state index contributed by atoms with van der Waals surface area (Å²) in [5.41, 5.74) is 0.963. The predicted molar refractivity (Wildman–Crippen MR) is 94.0 cm³/mol. The third-order valence-corrected chi connectivity index (χ3v) is 4.03. The average molecular weight is 344 g/mol. The van der Waals surface area contributed by atoms with Crippen molar-refractivity contribution in [1.29, 1.82) is 0 Å². The molecule has 2 heterocycles. The van der Waals surface area contributed by atoms with Crippen LogP contribution in [0.4, 0.5) is 4.79 Å². The Kier molecular flexibility index (Phi) is 6.03. The Labute approximate surface area is 147 Å². The van der Waals surface area contributed by atoms with Crippen molar-refractivity contribution in [3.8, 4) is 11.3 Å². The number of hydrogen-bond acceptors (Lipinski definition) is 5. The smallest absolute Gasteiger partial charge is 0.315 e. The van der Waals surface area contributed by atoms with Gasteiger partial charge in [-0.15, -0.1) is 0 Å². The Morgan fingerprint density at radius 2 is 2.04 bits per heavy atom. The number of nitrogens with zero attached hydrogens (tertiary/aromatic N) is 2. The summed E-state index contributed by atoms with van der Waals surface area (Å²) in [6.07, 6.45) is 1.67. The van der Waals surface area contributed by atoms with Crippen LogP contribution in [0, 0.1) is 0 Å². The van der Waals surface area contributed by atoms with E-state index in [4.69, 9.17) is 9.15 Å². The fourth-order valence-electron chi connectivity index (χ4n) is 2.78. The Morgan fingerprint density at radius 3 is 2.80 bits per heavy atom. The molecule has 0 saturated carbocycles. The van der Waals surface area contributed by atoms with E-state index < -0.39 is 0 Å². The summed E-state index contributed by atoms with van der Waals surface area (Å²) >= 11 is 0. The molecule has 2 amide bonds. The number of rotatable bonds is 6. The SMILES string of the molecule is C[C@H](CN1CCOCC1)NC(=O)NCc1ncc(-c2ccccc2)o1. The van der Waals surface area contributed by atoms with Crippen molar-refractivity contribution in [3.63, 3.8) is 0 Å². The molecule has 1 aliphatic heterocycles. The lowest BCUT2D eigenvalue weighted by atomic mass is 10.2. The highest BCUT2D eigenvalue weighted by Crippen LogP contribution is 2.19. The van der Waals surface area contributed by atoms with Crippen molar-refractivity contribution < 1.29 is 13.9 Å². The molecule has 25 heavy (non-hydrogen) atoms. The van der Waals surface area contributed by atoms with Crippen LogP contribution in [0.5, 0.6) is 0 Å². The largest absolute Gasteiger partial charge is 0.439 e. The quantitative estimate of drug-likeness (QED) is 0.836. The average Bonchev–Trinajstić information content (AvgIpc) is 3.10. The van der Waals surface area contributed by atoms with Gasteiger partial charge in [0.15, 0.2) is 5.76 Å². The van der Waals surface area contributed by atoms with Gasteiger partial charge in [-0.25, -0.2) is 9.78 Å². The number of urea groups is 1. The van der Waals surface area contributed by atoms with E-state index in [-0.39, 0.29) is 18.6 Å². The summed E-state index contributed by atoms with van der Waals surface area (Å²) in [6, 6.07) is 9.58. The maximum atomic E-state index is 12.0. The molecule has 1 aromatic heterocycles. The molecule has 3 rings (SSSR count). The maximum absolute atomic E-state index is 12.0. The van der Waals surface area contributed by atoms with Crippen LogP contribution >= 0.6 is 0 Å². The summed E-state index contributed by atoms with van der Waals surface area (Å²) < 4.78 is 11.0. The lowest BCUT2D eigenvalue weighted by molar-refractivity contribution is 0.0349. The van der Waals surface area contributed by atoms with E-state index in [0.29, 0.717) is 11.7 Å². The van der Waals surface area contributed by atoms with Crippen molar-refractivity contribution in [1.82, 2.24) is 20.5 Å². The monoisotopic (exact) mass is 344 g/mol. The number of carbonyl (C=O) groups is 1. The second-order valence-electron chi connectivity index (χ2n) is 6.13. The minimum Gasteiger partial charge on any atom is -0.439 e. The minimum absolute atomic E-state index is 0.0579. The number of morpholine rings is 1. The maximum Gasteiger partial charge on any atom is 0.315 e. The topological polar surface area (TPSA) is 79.6 Å². The third kappa shape index (κ3) is 5.30. The van der Waals surface area contributed by atoms with Crippen molar-refractivity contribution in [2.75, 3.05) is 32.8 Å². The standard InChI is InChI=1S/C18H24N4O3/c1-14(13-22-7-9-24-10-8-22)21-18(23)20-12-17-19-11-16(25-17)15-5-3-2-4-6-15/h2-6,11,14H,7-10,12-13H2,1H3,(H2,20,21,23)/t14-/m1/s1. The van der Waals surface area contributed by atoms with Crippen LogP contribution in [0.2, 0.25) is 0 Å². The minimum atomic E-state index is -0.222. The number of ether oxygens (including phenoxy) is 1. The van der Waals surface area contributed by atoms with E-state index in [1.165, 1.54) is 0 Å². The van der Waals surface area contributed by atoms with Gasteiger partial charge in [-0.2, -0.15) is 0 Å². The first-order valence-electron chi connectivity index (χ1n) is 8.55. The van der Waals surface area contributed by atoms with E-state index >= 15 is 0 Å². The molecule has 2 aromatic rings.